The maximum atomic E-state index is 4.48. The number of fused-ring (bicyclic) bond motifs is 2. The van der Waals surface area contributed by atoms with Crippen LogP contribution in [0.15, 0.2) is 6.33 Å². The Labute approximate surface area is 132 Å². The van der Waals surface area contributed by atoms with Crippen LogP contribution in [-0.2, 0) is 13.0 Å². The summed E-state index contributed by atoms with van der Waals surface area (Å²) in [6.45, 7) is 7.06. The van der Waals surface area contributed by atoms with Gasteiger partial charge in [0.05, 0.1) is 11.9 Å². The standard InChI is InChI=1S/C15H18N6S/c1-8-9(2)22-15-13(8)14(16-7-17-15)19-11-4-5-12-18-10(3)20-21(12)6-11/h7,11H,4-6H2,1-3H3,(H,16,17,19)/t11-/m0/s1. The molecule has 0 radical (unpaired) electrons. The zero-order valence-corrected chi connectivity index (χ0v) is 13.7. The smallest absolute Gasteiger partial charge is 0.147 e. The van der Waals surface area contributed by atoms with Crippen LogP contribution in [0.4, 0.5) is 5.82 Å². The van der Waals surface area contributed by atoms with Gasteiger partial charge >= 0.3 is 0 Å². The summed E-state index contributed by atoms with van der Waals surface area (Å²) in [7, 11) is 0. The first kappa shape index (κ1) is 13.6. The van der Waals surface area contributed by atoms with Crippen LogP contribution in [0.5, 0.6) is 0 Å². The first-order chi connectivity index (χ1) is 10.6. The fourth-order valence-corrected chi connectivity index (χ4v) is 4.03. The number of nitrogens with zero attached hydrogens (tertiary/aromatic N) is 5. The van der Waals surface area contributed by atoms with Crippen molar-refractivity contribution < 1.29 is 0 Å². The highest BCUT2D eigenvalue weighted by molar-refractivity contribution is 7.18. The van der Waals surface area contributed by atoms with Gasteiger partial charge in [0.25, 0.3) is 0 Å². The Morgan fingerprint density at radius 2 is 2.14 bits per heavy atom. The number of anilines is 1. The quantitative estimate of drug-likeness (QED) is 0.787. The SMILES string of the molecule is Cc1nc2n(n1)C[C@@H](Nc1ncnc3sc(C)c(C)c13)CC2. The van der Waals surface area contributed by atoms with Crippen molar-refractivity contribution in [2.75, 3.05) is 5.32 Å². The lowest BCUT2D eigenvalue weighted by Gasteiger charge is -2.24. The third-order valence-electron chi connectivity index (χ3n) is 4.27. The van der Waals surface area contributed by atoms with Crippen LogP contribution in [0.1, 0.15) is 28.5 Å². The normalized spacial score (nSPS) is 17.7. The van der Waals surface area contributed by atoms with Crippen molar-refractivity contribution >= 4 is 27.4 Å². The van der Waals surface area contributed by atoms with Gasteiger partial charge in [0, 0.05) is 17.3 Å². The van der Waals surface area contributed by atoms with Gasteiger partial charge in [-0.1, -0.05) is 0 Å². The van der Waals surface area contributed by atoms with E-state index in [1.54, 1.807) is 17.7 Å². The molecule has 0 fully saturated rings. The Kier molecular flexibility index (Phi) is 3.11. The summed E-state index contributed by atoms with van der Waals surface area (Å²) in [6.07, 6.45) is 3.65. The Bertz CT molecular complexity index is 849. The van der Waals surface area contributed by atoms with Crippen molar-refractivity contribution in [3.05, 3.63) is 28.4 Å². The average Bonchev–Trinajstić information content (AvgIpc) is 2.99. The van der Waals surface area contributed by atoms with Crippen molar-refractivity contribution in [3.8, 4) is 0 Å². The number of hydrogen-bond acceptors (Lipinski definition) is 6. The molecule has 1 N–H and O–H groups in total. The second kappa shape index (κ2) is 5.01. The predicted molar refractivity (Wildman–Crippen MR) is 87.4 cm³/mol. The Hall–Kier alpha value is -2.02. The zero-order valence-electron chi connectivity index (χ0n) is 12.9. The molecule has 1 aliphatic rings. The summed E-state index contributed by atoms with van der Waals surface area (Å²) in [5.74, 6) is 2.88. The fraction of sp³-hybridized carbons (Fsp3) is 0.467. The summed E-state index contributed by atoms with van der Waals surface area (Å²) in [5, 5.41) is 9.21. The highest BCUT2D eigenvalue weighted by atomic mass is 32.1. The molecule has 22 heavy (non-hydrogen) atoms. The van der Waals surface area contributed by atoms with E-state index in [4.69, 9.17) is 0 Å². The van der Waals surface area contributed by atoms with Crippen molar-refractivity contribution in [1.82, 2.24) is 24.7 Å². The summed E-state index contributed by atoms with van der Waals surface area (Å²) in [5.41, 5.74) is 1.27. The van der Waals surface area contributed by atoms with E-state index in [0.29, 0.717) is 6.04 Å². The van der Waals surface area contributed by atoms with Crippen molar-refractivity contribution in [3.63, 3.8) is 0 Å². The molecular weight excluding hydrogens is 296 g/mol. The van der Waals surface area contributed by atoms with Crippen molar-refractivity contribution in [2.45, 2.75) is 46.2 Å². The average molecular weight is 314 g/mol. The summed E-state index contributed by atoms with van der Waals surface area (Å²) < 4.78 is 2.01. The zero-order chi connectivity index (χ0) is 15.3. The largest absolute Gasteiger partial charge is 0.365 e. The molecule has 0 saturated carbocycles. The summed E-state index contributed by atoms with van der Waals surface area (Å²) >= 11 is 1.73. The third kappa shape index (κ3) is 2.16. The van der Waals surface area contributed by atoms with Gasteiger partial charge in [0.2, 0.25) is 0 Å². The van der Waals surface area contributed by atoms with Crippen molar-refractivity contribution in [1.29, 1.82) is 0 Å². The molecule has 0 amide bonds. The van der Waals surface area contributed by atoms with E-state index >= 15 is 0 Å². The van der Waals surface area contributed by atoms with E-state index in [2.05, 4.69) is 39.2 Å². The van der Waals surface area contributed by atoms with Crippen LogP contribution in [0.2, 0.25) is 0 Å². The van der Waals surface area contributed by atoms with Crippen molar-refractivity contribution in [2.24, 2.45) is 0 Å². The van der Waals surface area contributed by atoms with E-state index < -0.39 is 0 Å². The second-order valence-corrected chi connectivity index (χ2v) is 7.03. The Morgan fingerprint density at radius 1 is 1.27 bits per heavy atom. The lowest BCUT2D eigenvalue weighted by molar-refractivity contribution is 0.440. The molecule has 6 nitrogen and oxygen atoms in total. The van der Waals surface area contributed by atoms with Gasteiger partial charge < -0.3 is 5.32 Å². The van der Waals surface area contributed by atoms with E-state index in [1.807, 2.05) is 11.6 Å². The fourth-order valence-electron chi connectivity index (χ4n) is 3.04. The van der Waals surface area contributed by atoms with Gasteiger partial charge in [0.1, 0.15) is 28.6 Å². The first-order valence-corrected chi connectivity index (χ1v) is 8.31. The summed E-state index contributed by atoms with van der Waals surface area (Å²) in [6, 6.07) is 0.325. The van der Waals surface area contributed by atoms with Gasteiger partial charge in [-0.3, -0.25) is 0 Å². The lowest BCUT2D eigenvalue weighted by Crippen LogP contribution is -2.32. The van der Waals surface area contributed by atoms with Gasteiger partial charge in [-0.05, 0) is 32.8 Å². The molecule has 3 aromatic rings. The molecule has 4 rings (SSSR count). The molecule has 1 atom stereocenters. The minimum atomic E-state index is 0.325. The molecule has 4 heterocycles. The topological polar surface area (TPSA) is 68.5 Å². The van der Waals surface area contributed by atoms with Gasteiger partial charge in [-0.25, -0.2) is 19.6 Å². The highest BCUT2D eigenvalue weighted by Crippen LogP contribution is 2.33. The first-order valence-electron chi connectivity index (χ1n) is 7.49. The third-order valence-corrected chi connectivity index (χ3v) is 5.39. The summed E-state index contributed by atoms with van der Waals surface area (Å²) in [4.78, 5) is 15.7. The number of aromatic nitrogens is 5. The number of thiophene rings is 1. The molecule has 0 aromatic carbocycles. The number of hydrogen-bond donors (Lipinski definition) is 1. The van der Waals surface area contributed by atoms with E-state index in [1.165, 1.54) is 10.4 Å². The van der Waals surface area contributed by atoms with Crippen LogP contribution in [0.3, 0.4) is 0 Å². The number of aryl methyl sites for hydroxylation is 4. The van der Waals surface area contributed by atoms with Crippen LogP contribution in [0, 0.1) is 20.8 Å². The lowest BCUT2D eigenvalue weighted by atomic mass is 10.1. The van der Waals surface area contributed by atoms with E-state index in [9.17, 15) is 0 Å². The maximum absolute atomic E-state index is 4.48. The van der Waals surface area contributed by atoms with Crippen LogP contribution in [-0.4, -0.2) is 30.8 Å². The molecule has 0 bridgehead atoms. The Morgan fingerprint density at radius 3 is 3.00 bits per heavy atom. The van der Waals surface area contributed by atoms with Crippen LogP contribution >= 0.6 is 11.3 Å². The molecule has 0 aliphatic carbocycles. The molecule has 0 saturated heterocycles. The maximum Gasteiger partial charge on any atom is 0.147 e. The van der Waals surface area contributed by atoms with Crippen LogP contribution in [0.25, 0.3) is 10.2 Å². The highest BCUT2D eigenvalue weighted by Gasteiger charge is 2.22. The van der Waals surface area contributed by atoms with E-state index in [-0.39, 0.29) is 0 Å². The second-order valence-electron chi connectivity index (χ2n) is 5.82. The minimum absolute atomic E-state index is 0.325. The Balaban J connectivity index is 1.65. The molecule has 3 aromatic heterocycles. The monoisotopic (exact) mass is 314 g/mol. The molecule has 7 heteroatoms. The van der Waals surface area contributed by atoms with Crippen LogP contribution < -0.4 is 5.32 Å². The minimum Gasteiger partial charge on any atom is -0.365 e. The van der Waals surface area contributed by atoms with Gasteiger partial charge in [0.15, 0.2) is 0 Å². The van der Waals surface area contributed by atoms with E-state index in [0.717, 1.165) is 47.1 Å². The van der Waals surface area contributed by atoms with Gasteiger partial charge in [-0.2, -0.15) is 5.10 Å². The molecule has 1 aliphatic heterocycles. The number of nitrogens with one attached hydrogen (secondary N) is 1. The predicted octanol–water partition coefficient (Wildman–Crippen LogP) is 2.63. The molecule has 0 spiro atoms. The number of rotatable bonds is 2. The van der Waals surface area contributed by atoms with Gasteiger partial charge in [-0.15, -0.1) is 11.3 Å². The molecule has 114 valence electrons. The molecule has 0 unspecified atom stereocenters. The molecular formula is C15H18N6S.